The number of rotatable bonds is 5. The molecule has 2 N–H and O–H groups in total. The maximum absolute atomic E-state index is 6.38. The molecule has 0 aromatic heterocycles. The van der Waals surface area contributed by atoms with E-state index in [1.807, 2.05) is 0 Å². The standard InChI is InChI=1S/C18H23N/c1-18(2,19)17(13-15-9-5-3-6-10-15)14-16-11-7-4-8-12-16/h3-12,17H,13-14,19H2,1-2H3. The van der Waals surface area contributed by atoms with E-state index in [-0.39, 0.29) is 5.54 Å². The summed E-state index contributed by atoms with van der Waals surface area (Å²) >= 11 is 0. The number of benzene rings is 2. The Morgan fingerprint density at radius 2 is 1.16 bits per heavy atom. The summed E-state index contributed by atoms with van der Waals surface area (Å²) in [5.74, 6) is 0.442. The van der Waals surface area contributed by atoms with E-state index in [0.29, 0.717) is 5.92 Å². The van der Waals surface area contributed by atoms with Gasteiger partial charge in [0.15, 0.2) is 0 Å². The number of hydrogen-bond donors (Lipinski definition) is 1. The van der Waals surface area contributed by atoms with E-state index in [2.05, 4.69) is 74.5 Å². The van der Waals surface area contributed by atoms with Crippen LogP contribution < -0.4 is 5.73 Å². The van der Waals surface area contributed by atoms with Gasteiger partial charge in [0.05, 0.1) is 0 Å². The van der Waals surface area contributed by atoms with Crippen LogP contribution in [0.3, 0.4) is 0 Å². The molecule has 0 bridgehead atoms. The molecule has 1 heteroatoms. The molecular weight excluding hydrogens is 230 g/mol. The Kier molecular flexibility index (Phi) is 4.39. The molecule has 2 rings (SSSR count). The molecular formula is C18H23N. The molecule has 100 valence electrons. The van der Waals surface area contributed by atoms with E-state index < -0.39 is 0 Å². The zero-order valence-electron chi connectivity index (χ0n) is 11.8. The lowest BCUT2D eigenvalue weighted by molar-refractivity contribution is 0.316. The molecule has 0 atom stereocenters. The van der Waals surface area contributed by atoms with Crippen LogP contribution in [-0.2, 0) is 12.8 Å². The lowest BCUT2D eigenvalue weighted by Gasteiger charge is -2.31. The zero-order valence-corrected chi connectivity index (χ0v) is 11.8. The maximum Gasteiger partial charge on any atom is 0.0132 e. The summed E-state index contributed by atoms with van der Waals surface area (Å²) in [6.45, 7) is 4.26. The van der Waals surface area contributed by atoms with E-state index in [9.17, 15) is 0 Å². The van der Waals surface area contributed by atoms with Crippen LogP contribution in [0.15, 0.2) is 60.7 Å². The third kappa shape index (κ3) is 4.22. The minimum absolute atomic E-state index is 0.175. The summed E-state index contributed by atoms with van der Waals surface area (Å²) in [5.41, 5.74) is 8.93. The third-order valence-electron chi connectivity index (χ3n) is 3.70. The van der Waals surface area contributed by atoms with Gasteiger partial charge in [-0.15, -0.1) is 0 Å². The van der Waals surface area contributed by atoms with Crippen molar-refractivity contribution in [2.45, 2.75) is 32.2 Å². The smallest absolute Gasteiger partial charge is 0.0132 e. The van der Waals surface area contributed by atoms with Gasteiger partial charge in [0.1, 0.15) is 0 Å². The second-order valence-corrected chi connectivity index (χ2v) is 5.90. The first-order valence-corrected chi connectivity index (χ1v) is 6.92. The first-order chi connectivity index (χ1) is 9.05. The molecule has 0 spiro atoms. The largest absolute Gasteiger partial charge is 0.325 e. The highest BCUT2D eigenvalue weighted by Gasteiger charge is 2.25. The van der Waals surface area contributed by atoms with E-state index in [1.54, 1.807) is 0 Å². The average Bonchev–Trinajstić information content (AvgIpc) is 2.39. The Morgan fingerprint density at radius 1 is 0.789 bits per heavy atom. The monoisotopic (exact) mass is 253 g/mol. The van der Waals surface area contributed by atoms with Gasteiger partial charge in [-0.25, -0.2) is 0 Å². The van der Waals surface area contributed by atoms with Crippen molar-refractivity contribution < 1.29 is 0 Å². The highest BCUT2D eigenvalue weighted by molar-refractivity contribution is 5.20. The van der Waals surface area contributed by atoms with Crippen LogP contribution in [0.25, 0.3) is 0 Å². The Bertz CT molecular complexity index is 441. The predicted molar refractivity (Wildman–Crippen MR) is 82.0 cm³/mol. The SMILES string of the molecule is CC(C)(N)C(Cc1ccccc1)Cc1ccccc1. The van der Waals surface area contributed by atoms with Crippen LogP contribution in [0, 0.1) is 5.92 Å². The molecule has 0 unspecified atom stereocenters. The zero-order chi connectivity index (χ0) is 13.7. The first-order valence-electron chi connectivity index (χ1n) is 6.92. The summed E-state index contributed by atoms with van der Waals surface area (Å²) in [5, 5.41) is 0. The summed E-state index contributed by atoms with van der Waals surface area (Å²) in [4.78, 5) is 0. The van der Waals surface area contributed by atoms with Gasteiger partial charge < -0.3 is 5.73 Å². The molecule has 0 heterocycles. The average molecular weight is 253 g/mol. The van der Waals surface area contributed by atoms with E-state index in [1.165, 1.54) is 11.1 Å². The molecule has 2 aromatic carbocycles. The van der Waals surface area contributed by atoms with Crippen molar-refractivity contribution >= 4 is 0 Å². The molecule has 2 aromatic rings. The summed E-state index contributed by atoms with van der Waals surface area (Å²) in [6.07, 6.45) is 2.05. The molecule has 0 aliphatic heterocycles. The van der Waals surface area contributed by atoms with E-state index in [4.69, 9.17) is 5.73 Å². The van der Waals surface area contributed by atoms with Crippen LogP contribution in [0.5, 0.6) is 0 Å². The molecule has 0 aliphatic carbocycles. The summed E-state index contributed by atoms with van der Waals surface area (Å²) in [6, 6.07) is 21.2. The molecule has 0 amide bonds. The fraction of sp³-hybridized carbons (Fsp3) is 0.333. The number of nitrogens with two attached hydrogens (primary N) is 1. The van der Waals surface area contributed by atoms with Crippen LogP contribution in [-0.4, -0.2) is 5.54 Å². The van der Waals surface area contributed by atoms with Crippen molar-refractivity contribution in [3.05, 3.63) is 71.8 Å². The van der Waals surface area contributed by atoms with Crippen molar-refractivity contribution in [3.63, 3.8) is 0 Å². The van der Waals surface area contributed by atoms with Crippen molar-refractivity contribution in [1.29, 1.82) is 0 Å². The fourth-order valence-electron chi connectivity index (χ4n) is 2.40. The Labute approximate surface area is 116 Å². The van der Waals surface area contributed by atoms with Gasteiger partial charge in [0.2, 0.25) is 0 Å². The van der Waals surface area contributed by atoms with Gasteiger partial charge in [-0.3, -0.25) is 0 Å². The van der Waals surface area contributed by atoms with E-state index in [0.717, 1.165) is 12.8 Å². The molecule has 0 saturated heterocycles. The van der Waals surface area contributed by atoms with Crippen LogP contribution >= 0.6 is 0 Å². The van der Waals surface area contributed by atoms with Gasteiger partial charge in [0, 0.05) is 5.54 Å². The van der Waals surface area contributed by atoms with Gasteiger partial charge in [-0.05, 0) is 43.7 Å². The van der Waals surface area contributed by atoms with Crippen LogP contribution in [0.2, 0.25) is 0 Å². The first kappa shape index (κ1) is 13.8. The topological polar surface area (TPSA) is 26.0 Å². The normalized spacial score (nSPS) is 11.8. The van der Waals surface area contributed by atoms with Crippen molar-refractivity contribution in [2.24, 2.45) is 11.7 Å². The predicted octanol–water partition coefficient (Wildman–Crippen LogP) is 3.83. The van der Waals surface area contributed by atoms with Gasteiger partial charge >= 0.3 is 0 Å². The molecule has 0 radical (unpaired) electrons. The molecule has 19 heavy (non-hydrogen) atoms. The van der Waals surface area contributed by atoms with E-state index >= 15 is 0 Å². The minimum Gasteiger partial charge on any atom is -0.325 e. The highest BCUT2D eigenvalue weighted by atomic mass is 14.7. The molecule has 0 saturated carbocycles. The Balaban J connectivity index is 2.13. The molecule has 1 nitrogen and oxygen atoms in total. The minimum atomic E-state index is -0.175. The van der Waals surface area contributed by atoms with Gasteiger partial charge in [-0.2, -0.15) is 0 Å². The van der Waals surface area contributed by atoms with Gasteiger partial charge in [-0.1, -0.05) is 60.7 Å². The lowest BCUT2D eigenvalue weighted by atomic mass is 9.79. The second kappa shape index (κ2) is 6.03. The molecule has 0 fully saturated rings. The lowest BCUT2D eigenvalue weighted by Crippen LogP contribution is -2.43. The number of hydrogen-bond acceptors (Lipinski definition) is 1. The van der Waals surface area contributed by atoms with Gasteiger partial charge in [0.25, 0.3) is 0 Å². The second-order valence-electron chi connectivity index (χ2n) is 5.90. The highest BCUT2D eigenvalue weighted by Crippen LogP contribution is 2.23. The van der Waals surface area contributed by atoms with Crippen LogP contribution in [0.4, 0.5) is 0 Å². The summed E-state index contributed by atoms with van der Waals surface area (Å²) < 4.78 is 0. The Hall–Kier alpha value is -1.60. The summed E-state index contributed by atoms with van der Waals surface area (Å²) in [7, 11) is 0. The van der Waals surface area contributed by atoms with Crippen molar-refractivity contribution in [2.75, 3.05) is 0 Å². The maximum atomic E-state index is 6.38. The Morgan fingerprint density at radius 3 is 1.47 bits per heavy atom. The third-order valence-corrected chi connectivity index (χ3v) is 3.70. The quantitative estimate of drug-likeness (QED) is 0.861. The fourth-order valence-corrected chi connectivity index (χ4v) is 2.40. The van der Waals surface area contributed by atoms with Crippen LogP contribution in [0.1, 0.15) is 25.0 Å². The molecule has 0 aliphatic rings. The van der Waals surface area contributed by atoms with Crippen molar-refractivity contribution in [1.82, 2.24) is 0 Å². The van der Waals surface area contributed by atoms with Crippen molar-refractivity contribution in [3.8, 4) is 0 Å².